The first-order chi connectivity index (χ1) is 16.3. The molecule has 1 unspecified atom stereocenters. The number of benzene rings is 2. The van der Waals surface area contributed by atoms with Gasteiger partial charge in [0.1, 0.15) is 11.8 Å². The lowest BCUT2D eigenvalue weighted by Crippen LogP contribution is -2.49. The molecule has 0 saturated carbocycles. The number of carbonyl (C=O) groups is 2. The number of amides is 2. The first-order valence-corrected chi connectivity index (χ1v) is 12.5. The lowest BCUT2D eigenvalue weighted by Gasteiger charge is -2.26. The molecule has 1 atom stereocenters. The number of ether oxygens (including phenoxy) is 2. The number of hydrazine groups is 1. The predicted molar refractivity (Wildman–Crippen MR) is 127 cm³/mol. The van der Waals surface area contributed by atoms with Crippen molar-refractivity contribution in [2.24, 2.45) is 0 Å². The van der Waals surface area contributed by atoms with Gasteiger partial charge in [0.15, 0.2) is 6.61 Å². The number of nitrogens with one attached hydrogen (secondary N) is 3. The van der Waals surface area contributed by atoms with Crippen LogP contribution in [0.5, 0.6) is 5.75 Å². The van der Waals surface area contributed by atoms with E-state index in [9.17, 15) is 18.0 Å². The molecule has 0 spiro atoms. The van der Waals surface area contributed by atoms with Gasteiger partial charge >= 0.3 is 0 Å². The maximum Gasteiger partial charge on any atom is 0.272 e. The monoisotopic (exact) mass is 490 g/mol. The highest BCUT2D eigenvalue weighted by Crippen LogP contribution is 2.21. The van der Waals surface area contributed by atoms with E-state index in [4.69, 9.17) is 9.47 Å². The van der Waals surface area contributed by atoms with Crippen LogP contribution in [0.2, 0.25) is 0 Å². The average Bonchev–Trinajstić information content (AvgIpc) is 2.86. The number of hydrogen-bond acceptors (Lipinski definition) is 7. The van der Waals surface area contributed by atoms with Gasteiger partial charge in [-0.15, -0.1) is 0 Å². The number of nitrogens with zero attached hydrogens (tertiary/aromatic N) is 1. The molecule has 3 rings (SSSR count). The normalized spacial score (nSPS) is 15.4. The third-order valence-corrected chi connectivity index (χ3v) is 7.14. The first-order valence-electron chi connectivity index (χ1n) is 11.0. The highest BCUT2D eigenvalue weighted by Gasteiger charge is 2.26. The molecular weight excluding hydrogens is 460 g/mol. The molecule has 1 fully saturated rings. The van der Waals surface area contributed by atoms with Crippen LogP contribution in [-0.4, -0.2) is 63.5 Å². The van der Waals surface area contributed by atoms with Gasteiger partial charge in [0.25, 0.3) is 5.91 Å². The van der Waals surface area contributed by atoms with Crippen LogP contribution in [-0.2, 0) is 30.8 Å². The van der Waals surface area contributed by atoms with Crippen LogP contribution in [0.1, 0.15) is 19.4 Å². The number of hydrogen-bond donors (Lipinski definition) is 3. The van der Waals surface area contributed by atoms with Crippen LogP contribution in [0.15, 0.2) is 53.4 Å². The molecule has 10 nitrogen and oxygen atoms in total. The van der Waals surface area contributed by atoms with E-state index in [0.29, 0.717) is 24.7 Å². The van der Waals surface area contributed by atoms with Crippen molar-refractivity contribution in [2.45, 2.75) is 31.2 Å². The van der Waals surface area contributed by atoms with Crippen LogP contribution >= 0.6 is 0 Å². The van der Waals surface area contributed by atoms with E-state index in [1.807, 2.05) is 25.1 Å². The van der Waals surface area contributed by atoms with E-state index < -0.39 is 27.9 Å². The quantitative estimate of drug-likeness (QED) is 0.429. The van der Waals surface area contributed by atoms with Crippen LogP contribution in [0.3, 0.4) is 0 Å². The van der Waals surface area contributed by atoms with Crippen LogP contribution in [0.4, 0.5) is 5.69 Å². The zero-order chi connectivity index (χ0) is 24.6. The Morgan fingerprint density at radius 3 is 2.59 bits per heavy atom. The maximum atomic E-state index is 12.8. The van der Waals surface area contributed by atoms with Gasteiger partial charge in [-0.1, -0.05) is 31.2 Å². The molecule has 3 N–H and O–H groups in total. The molecule has 1 aliphatic rings. The van der Waals surface area contributed by atoms with Crippen molar-refractivity contribution in [2.75, 3.05) is 38.2 Å². The van der Waals surface area contributed by atoms with E-state index in [1.54, 1.807) is 25.1 Å². The summed E-state index contributed by atoms with van der Waals surface area (Å²) in [5, 5.41) is 2.66. The number of anilines is 1. The van der Waals surface area contributed by atoms with Gasteiger partial charge in [0.05, 0.1) is 18.1 Å². The Balaban J connectivity index is 1.50. The van der Waals surface area contributed by atoms with Crippen molar-refractivity contribution in [3.05, 3.63) is 54.1 Å². The van der Waals surface area contributed by atoms with E-state index in [1.165, 1.54) is 16.4 Å². The van der Waals surface area contributed by atoms with Crippen molar-refractivity contribution >= 4 is 27.5 Å². The van der Waals surface area contributed by atoms with Crippen molar-refractivity contribution in [1.29, 1.82) is 0 Å². The summed E-state index contributed by atoms with van der Waals surface area (Å²) in [5.74, 6) is -0.250. The Morgan fingerprint density at radius 2 is 1.85 bits per heavy atom. The smallest absolute Gasteiger partial charge is 0.272 e. The molecule has 2 amide bonds. The van der Waals surface area contributed by atoms with Gasteiger partial charge in [-0.2, -0.15) is 4.31 Å². The van der Waals surface area contributed by atoms with Gasteiger partial charge < -0.3 is 14.8 Å². The number of sulfonamides is 1. The fraction of sp³-hybridized carbons (Fsp3) is 0.391. The molecule has 1 aliphatic heterocycles. The molecule has 0 bridgehead atoms. The number of morpholine rings is 1. The summed E-state index contributed by atoms with van der Waals surface area (Å²) in [5.41, 5.74) is 6.40. The number of rotatable bonds is 10. The second-order valence-electron chi connectivity index (χ2n) is 7.70. The first kappa shape index (κ1) is 25.6. The summed E-state index contributed by atoms with van der Waals surface area (Å²) < 4.78 is 37.8. The molecule has 11 heteroatoms. The summed E-state index contributed by atoms with van der Waals surface area (Å²) >= 11 is 0. The molecule has 184 valence electrons. The van der Waals surface area contributed by atoms with Gasteiger partial charge in [0.2, 0.25) is 15.9 Å². The lowest BCUT2D eigenvalue weighted by atomic mass is 10.1. The zero-order valence-corrected chi connectivity index (χ0v) is 20.1. The second kappa shape index (κ2) is 11.9. The van der Waals surface area contributed by atoms with E-state index in [2.05, 4.69) is 16.2 Å². The van der Waals surface area contributed by atoms with Crippen molar-refractivity contribution in [3.63, 3.8) is 0 Å². The molecule has 0 aliphatic carbocycles. The van der Waals surface area contributed by atoms with Crippen molar-refractivity contribution in [3.8, 4) is 5.75 Å². The Kier molecular flexibility index (Phi) is 8.99. The van der Waals surface area contributed by atoms with E-state index >= 15 is 0 Å². The summed E-state index contributed by atoms with van der Waals surface area (Å²) in [6, 6.07) is 12.7. The Bertz CT molecular complexity index is 1100. The Hall–Kier alpha value is -2.99. The molecule has 1 saturated heterocycles. The SMILES string of the molecule is CCc1ccccc1OCC(=O)NNC(C)C(=O)Nc1cccc(S(=O)(=O)N2CCOCC2)c1. The van der Waals surface area contributed by atoms with Crippen molar-refractivity contribution in [1.82, 2.24) is 15.2 Å². The van der Waals surface area contributed by atoms with Gasteiger partial charge in [-0.05, 0) is 43.2 Å². The second-order valence-corrected chi connectivity index (χ2v) is 9.64. The lowest BCUT2D eigenvalue weighted by molar-refractivity contribution is -0.125. The Morgan fingerprint density at radius 1 is 1.12 bits per heavy atom. The molecule has 1 heterocycles. The van der Waals surface area contributed by atoms with Crippen LogP contribution in [0.25, 0.3) is 0 Å². The summed E-state index contributed by atoms with van der Waals surface area (Å²) in [6.45, 7) is 4.62. The third-order valence-electron chi connectivity index (χ3n) is 5.24. The third kappa shape index (κ3) is 6.76. The van der Waals surface area contributed by atoms with Gasteiger partial charge in [-0.3, -0.25) is 15.0 Å². The molecule has 2 aromatic carbocycles. The van der Waals surface area contributed by atoms with Crippen LogP contribution < -0.4 is 20.9 Å². The minimum Gasteiger partial charge on any atom is -0.483 e. The fourth-order valence-electron chi connectivity index (χ4n) is 3.29. The van der Waals surface area contributed by atoms with E-state index in [-0.39, 0.29) is 24.6 Å². The Labute approximate surface area is 199 Å². The van der Waals surface area contributed by atoms with Gasteiger partial charge in [-0.25, -0.2) is 13.8 Å². The standard InChI is InChI=1S/C23H30N4O6S/c1-3-18-7-4-5-10-21(18)33-16-22(28)26-25-17(2)23(29)24-19-8-6-9-20(15-19)34(30,31)27-11-13-32-14-12-27/h4-10,15,17,25H,3,11-14,16H2,1-2H3,(H,24,29)(H,26,28). The molecule has 0 aromatic heterocycles. The average molecular weight is 491 g/mol. The summed E-state index contributed by atoms with van der Waals surface area (Å²) in [6.07, 6.45) is 0.780. The minimum absolute atomic E-state index is 0.0885. The van der Waals surface area contributed by atoms with Crippen molar-refractivity contribution < 1.29 is 27.5 Å². The van der Waals surface area contributed by atoms with Gasteiger partial charge in [0, 0.05) is 18.8 Å². The number of aryl methyl sites for hydroxylation is 1. The van der Waals surface area contributed by atoms with E-state index in [0.717, 1.165) is 12.0 Å². The summed E-state index contributed by atoms with van der Waals surface area (Å²) in [7, 11) is -3.68. The van der Waals surface area contributed by atoms with Crippen LogP contribution in [0, 0.1) is 0 Å². The maximum absolute atomic E-state index is 12.8. The number of para-hydroxylation sites is 1. The largest absolute Gasteiger partial charge is 0.483 e. The minimum atomic E-state index is -3.68. The topological polar surface area (TPSA) is 126 Å². The molecule has 34 heavy (non-hydrogen) atoms. The molecule has 2 aromatic rings. The summed E-state index contributed by atoms with van der Waals surface area (Å²) in [4.78, 5) is 24.7. The number of carbonyl (C=O) groups excluding carboxylic acids is 2. The highest BCUT2D eigenvalue weighted by molar-refractivity contribution is 7.89. The zero-order valence-electron chi connectivity index (χ0n) is 19.2. The predicted octanol–water partition coefficient (Wildman–Crippen LogP) is 1.30. The molecular formula is C23H30N4O6S. The fourth-order valence-corrected chi connectivity index (χ4v) is 4.75. The highest BCUT2D eigenvalue weighted by atomic mass is 32.2. The molecule has 0 radical (unpaired) electrons.